The average molecular weight is 358 g/mol. The molecule has 0 bridgehead atoms. The molecule has 3 rings (SSSR count). The molecule has 0 atom stereocenters. The molecule has 0 aliphatic heterocycles. The summed E-state index contributed by atoms with van der Waals surface area (Å²) in [5.41, 5.74) is -0.287. The molecule has 3 aromatic rings. The maximum absolute atomic E-state index is 12.6. The first-order valence-corrected chi connectivity index (χ1v) is 7.14. The Morgan fingerprint density at radius 2 is 1.73 bits per heavy atom. The van der Waals surface area contributed by atoms with E-state index in [-0.39, 0.29) is 22.9 Å². The van der Waals surface area contributed by atoms with Crippen LogP contribution in [0.15, 0.2) is 48.9 Å². The summed E-state index contributed by atoms with van der Waals surface area (Å²) in [6.07, 6.45) is -0.433. The van der Waals surface area contributed by atoms with Gasteiger partial charge >= 0.3 is 6.18 Å². The largest absolute Gasteiger partial charge is 0.492 e. The minimum absolute atomic E-state index is 0.0173. The molecular weight excluding hydrogens is 349 g/mol. The Kier molecular flexibility index (Phi) is 4.41. The number of alkyl halides is 3. The van der Waals surface area contributed by atoms with Gasteiger partial charge in [-0.25, -0.2) is 15.0 Å². The van der Waals surface area contributed by atoms with Crippen LogP contribution in [-0.2, 0) is 6.18 Å². The van der Waals surface area contributed by atoms with E-state index in [1.54, 1.807) is 6.07 Å². The fourth-order valence-electron chi connectivity index (χ4n) is 2.09. The molecule has 1 N–H and O–H groups in total. The van der Waals surface area contributed by atoms with Crippen LogP contribution in [-0.4, -0.2) is 20.1 Å². The number of rotatable bonds is 3. The Balaban J connectivity index is 1.94. The number of aromatic nitrogens is 3. The standard InChI is InChI=1S/C17H9F3N4O2/c18-17(19,20)12-1-3-13(4-2-12)26-16-14(22-5-6-23-16)11-7-10(8-21)15(25)24-9-11/h1-7,9H,(H,24,25). The SMILES string of the molecule is N#Cc1cc(-c2nccnc2Oc2ccc(C(F)(F)F)cc2)cnc1O. The van der Waals surface area contributed by atoms with E-state index in [4.69, 9.17) is 10.00 Å². The second-order valence-corrected chi connectivity index (χ2v) is 5.04. The lowest BCUT2D eigenvalue weighted by atomic mass is 10.1. The highest BCUT2D eigenvalue weighted by Crippen LogP contribution is 2.33. The number of ether oxygens (including phenoxy) is 1. The molecule has 0 fully saturated rings. The van der Waals surface area contributed by atoms with Crippen molar-refractivity contribution in [2.75, 3.05) is 0 Å². The molecule has 0 amide bonds. The van der Waals surface area contributed by atoms with Crippen LogP contribution in [0.2, 0.25) is 0 Å². The summed E-state index contributed by atoms with van der Waals surface area (Å²) in [6.45, 7) is 0. The van der Waals surface area contributed by atoms with Crippen molar-refractivity contribution in [2.45, 2.75) is 6.18 Å². The molecule has 26 heavy (non-hydrogen) atoms. The zero-order valence-corrected chi connectivity index (χ0v) is 12.9. The van der Waals surface area contributed by atoms with Crippen molar-refractivity contribution in [3.05, 3.63) is 60.0 Å². The van der Waals surface area contributed by atoms with Gasteiger partial charge in [-0.3, -0.25) is 0 Å². The summed E-state index contributed by atoms with van der Waals surface area (Å²) in [7, 11) is 0. The highest BCUT2D eigenvalue weighted by Gasteiger charge is 2.30. The Morgan fingerprint density at radius 1 is 1.04 bits per heavy atom. The van der Waals surface area contributed by atoms with Crippen LogP contribution in [0.3, 0.4) is 0 Å². The van der Waals surface area contributed by atoms with Gasteiger partial charge in [-0.1, -0.05) is 0 Å². The molecule has 0 spiro atoms. The highest BCUT2D eigenvalue weighted by atomic mass is 19.4. The normalized spacial score (nSPS) is 11.0. The van der Waals surface area contributed by atoms with E-state index in [2.05, 4.69) is 15.0 Å². The number of hydrogen-bond acceptors (Lipinski definition) is 6. The quantitative estimate of drug-likeness (QED) is 0.763. The van der Waals surface area contributed by atoms with Gasteiger partial charge in [0.05, 0.1) is 5.56 Å². The molecular formula is C17H9F3N4O2. The Bertz CT molecular complexity index is 983. The summed E-state index contributed by atoms with van der Waals surface area (Å²) in [4.78, 5) is 11.8. The molecule has 1 aromatic carbocycles. The molecule has 2 aromatic heterocycles. The smallest absolute Gasteiger partial charge is 0.416 e. The third-order valence-corrected chi connectivity index (χ3v) is 3.32. The van der Waals surface area contributed by atoms with Crippen LogP contribution in [0.5, 0.6) is 17.5 Å². The van der Waals surface area contributed by atoms with Gasteiger partial charge in [0.1, 0.15) is 23.1 Å². The first kappa shape index (κ1) is 17.2. The lowest BCUT2D eigenvalue weighted by Gasteiger charge is -2.11. The second-order valence-electron chi connectivity index (χ2n) is 5.04. The van der Waals surface area contributed by atoms with Crippen LogP contribution < -0.4 is 4.74 Å². The predicted molar refractivity (Wildman–Crippen MR) is 83.2 cm³/mol. The number of pyridine rings is 1. The number of nitriles is 1. The maximum Gasteiger partial charge on any atom is 0.416 e. The zero-order valence-electron chi connectivity index (χ0n) is 12.9. The molecule has 0 radical (unpaired) electrons. The molecule has 6 nitrogen and oxygen atoms in total. The minimum Gasteiger partial charge on any atom is -0.492 e. The summed E-state index contributed by atoms with van der Waals surface area (Å²) in [5, 5.41) is 18.5. The third kappa shape index (κ3) is 3.54. The van der Waals surface area contributed by atoms with Crippen molar-refractivity contribution >= 4 is 0 Å². The van der Waals surface area contributed by atoms with Gasteiger partial charge in [0.2, 0.25) is 11.8 Å². The lowest BCUT2D eigenvalue weighted by molar-refractivity contribution is -0.137. The predicted octanol–water partition coefficient (Wildman–Crippen LogP) is 3.93. The van der Waals surface area contributed by atoms with E-state index in [0.717, 1.165) is 24.3 Å². The van der Waals surface area contributed by atoms with E-state index in [0.29, 0.717) is 5.56 Å². The Morgan fingerprint density at radius 3 is 2.38 bits per heavy atom. The lowest BCUT2D eigenvalue weighted by Crippen LogP contribution is -2.04. The molecule has 0 saturated carbocycles. The monoisotopic (exact) mass is 358 g/mol. The summed E-state index contributed by atoms with van der Waals surface area (Å²) in [5.74, 6) is -0.277. The summed E-state index contributed by atoms with van der Waals surface area (Å²) >= 11 is 0. The zero-order chi connectivity index (χ0) is 18.7. The maximum atomic E-state index is 12.6. The van der Waals surface area contributed by atoms with E-state index in [1.807, 2.05) is 0 Å². The van der Waals surface area contributed by atoms with Gasteiger partial charge in [0.25, 0.3) is 0 Å². The van der Waals surface area contributed by atoms with Crippen molar-refractivity contribution in [3.63, 3.8) is 0 Å². The van der Waals surface area contributed by atoms with Gasteiger partial charge in [-0.15, -0.1) is 0 Å². The van der Waals surface area contributed by atoms with Crippen molar-refractivity contribution in [2.24, 2.45) is 0 Å². The van der Waals surface area contributed by atoms with Gasteiger partial charge in [-0.2, -0.15) is 18.4 Å². The number of aromatic hydroxyl groups is 1. The molecule has 130 valence electrons. The summed E-state index contributed by atoms with van der Waals surface area (Å²) < 4.78 is 43.4. The van der Waals surface area contributed by atoms with Crippen molar-refractivity contribution in [3.8, 4) is 34.8 Å². The van der Waals surface area contributed by atoms with Crippen molar-refractivity contribution in [1.29, 1.82) is 5.26 Å². The van der Waals surface area contributed by atoms with E-state index < -0.39 is 17.6 Å². The topological polar surface area (TPSA) is 91.9 Å². The molecule has 0 aliphatic rings. The van der Waals surface area contributed by atoms with E-state index in [1.165, 1.54) is 24.7 Å². The van der Waals surface area contributed by atoms with Crippen LogP contribution in [0, 0.1) is 11.3 Å². The number of hydrogen-bond donors (Lipinski definition) is 1. The third-order valence-electron chi connectivity index (χ3n) is 3.32. The van der Waals surface area contributed by atoms with Gasteiger partial charge in [0.15, 0.2) is 0 Å². The molecule has 2 heterocycles. The van der Waals surface area contributed by atoms with Gasteiger partial charge < -0.3 is 9.84 Å². The van der Waals surface area contributed by atoms with Crippen molar-refractivity contribution in [1.82, 2.24) is 15.0 Å². The van der Waals surface area contributed by atoms with E-state index in [9.17, 15) is 18.3 Å². The molecule has 0 unspecified atom stereocenters. The fourth-order valence-corrected chi connectivity index (χ4v) is 2.09. The van der Waals surface area contributed by atoms with Crippen LogP contribution in [0.1, 0.15) is 11.1 Å². The number of halogens is 3. The van der Waals surface area contributed by atoms with Crippen LogP contribution in [0.25, 0.3) is 11.3 Å². The first-order valence-electron chi connectivity index (χ1n) is 7.14. The molecule has 0 aliphatic carbocycles. The van der Waals surface area contributed by atoms with Crippen LogP contribution >= 0.6 is 0 Å². The minimum atomic E-state index is -4.44. The Labute approximate surface area is 145 Å². The van der Waals surface area contributed by atoms with Crippen LogP contribution in [0.4, 0.5) is 13.2 Å². The fraction of sp³-hybridized carbons (Fsp3) is 0.0588. The Hall–Kier alpha value is -3.67. The average Bonchev–Trinajstić information content (AvgIpc) is 2.62. The number of nitrogens with zero attached hydrogens (tertiary/aromatic N) is 4. The van der Waals surface area contributed by atoms with E-state index >= 15 is 0 Å². The second kappa shape index (κ2) is 6.68. The summed E-state index contributed by atoms with van der Waals surface area (Å²) in [6, 6.07) is 7.25. The molecule has 9 heteroatoms. The highest BCUT2D eigenvalue weighted by molar-refractivity contribution is 5.66. The van der Waals surface area contributed by atoms with Gasteiger partial charge in [-0.05, 0) is 30.3 Å². The molecule has 0 saturated heterocycles. The number of benzene rings is 1. The van der Waals surface area contributed by atoms with Gasteiger partial charge in [0, 0.05) is 24.2 Å². The first-order chi connectivity index (χ1) is 12.4. The van der Waals surface area contributed by atoms with Crippen molar-refractivity contribution < 1.29 is 23.0 Å².